The van der Waals surface area contributed by atoms with Gasteiger partial charge in [-0.05, 0) is 47.2 Å². The zero-order valence-electron chi connectivity index (χ0n) is 32.5. The van der Waals surface area contributed by atoms with Crippen LogP contribution in [0.25, 0.3) is 0 Å². The van der Waals surface area contributed by atoms with Crippen LogP contribution in [0.2, 0.25) is 0 Å². The van der Waals surface area contributed by atoms with E-state index in [1.165, 1.54) is 0 Å². The molecule has 1 aliphatic heterocycles. The summed E-state index contributed by atoms with van der Waals surface area (Å²) in [7, 11) is -4.10. The molecule has 0 saturated heterocycles. The van der Waals surface area contributed by atoms with Crippen molar-refractivity contribution >= 4 is 10.1 Å². The molecule has 9 heteroatoms. The molecule has 0 saturated carbocycles. The third kappa shape index (κ3) is 7.13. The largest absolute Gasteiger partial charge is 0.448 e. The van der Waals surface area contributed by atoms with E-state index in [-0.39, 0.29) is 17.9 Å². The second kappa shape index (κ2) is 16.0. The van der Waals surface area contributed by atoms with Gasteiger partial charge in [-0.2, -0.15) is 8.42 Å². The molecule has 0 radical (unpaired) electrons. The first-order chi connectivity index (χ1) is 28.1. The number of benzene rings is 6. The summed E-state index contributed by atoms with van der Waals surface area (Å²) in [5, 5.41) is 0. The molecule has 1 heterocycles. The molecule has 0 bridgehead atoms. The standard InChI is InChI=1S/C49H45FO7S/c1-35(53-47(37-22-10-4-11-23-37,38-24-12-5-13-25-38)39-26-14-6-15-27-39)49(55-44-34-43(50)45(46(44)56-49)57-58(3,51)52)36(2)54-48(40-28-16-7-17-29-40,41-30-18-8-19-31-41)42-32-20-9-21-33-42/h4-33,35-36,43,45H,34H2,1-3H3/t35?,36?,43?,45-,49?/m0/s1. The molecule has 1 aliphatic carbocycles. The van der Waals surface area contributed by atoms with Crippen LogP contribution >= 0.6 is 0 Å². The maximum Gasteiger partial charge on any atom is 0.303 e. The molecule has 2 aliphatic rings. The third-order valence-electron chi connectivity index (χ3n) is 11.0. The summed E-state index contributed by atoms with van der Waals surface area (Å²) in [6, 6.07) is 59.5. The van der Waals surface area contributed by atoms with Crippen molar-refractivity contribution in [3.05, 3.63) is 227 Å². The molecule has 0 fully saturated rings. The van der Waals surface area contributed by atoms with E-state index in [2.05, 4.69) is 0 Å². The van der Waals surface area contributed by atoms with Crippen molar-refractivity contribution in [3.63, 3.8) is 0 Å². The average Bonchev–Trinajstić information content (AvgIpc) is 3.78. The molecular weight excluding hydrogens is 752 g/mol. The van der Waals surface area contributed by atoms with Gasteiger partial charge in [0, 0.05) is 6.42 Å². The van der Waals surface area contributed by atoms with Gasteiger partial charge in [0.15, 0.2) is 11.9 Å². The molecule has 6 aromatic rings. The molecule has 8 rings (SSSR count). The highest BCUT2D eigenvalue weighted by molar-refractivity contribution is 7.86. The smallest absolute Gasteiger partial charge is 0.303 e. The topological polar surface area (TPSA) is 80.3 Å². The fraction of sp³-hybridized carbons (Fsp3) is 0.224. The van der Waals surface area contributed by atoms with Crippen molar-refractivity contribution in [2.75, 3.05) is 6.26 Å². The van der Waals surface area contributed by atoms with E-state index < -0.39 is 51.6 Å². The van der Waals surface area contributed by atoms with E-state index in [1.807, 2.05) is 196 Å². The Kier molecular flexibility index (Phi) is 10.8. The maximum atomic E-state index is 15.7. The van der Waals surface area contributed by atoms with E-state index >= 15 is 4.39 Å². The van der Waals surface area contributed by atoms with E-state index in [0.29, 0.717) is 0 Å². The van der Waals surface area contributed by atoms with Gasteiger partial charge < -0.3 is 18.9 Å². The van der Waals surface area contributed by atoms with Crippen molar-refractivity contribution in [2.24, 2.45) is 0 Å². The van der Waals surface area contributed by atoms with Gasteiger partial charge in [-0.3, -0.25) is 4.18 Å². The van der Waals surface area contributed by atoms with Crippen molar-refractivity contribution in [2.45, 2.75) is 61.7 Å². The Morgan fingerprint density at radius 2 is 0.845 bits per heavy atom. The molecule has 3 unspecified atom stereocenters. The number of hydrogen-bond donors (Lipinski definition) is 0. The lowest BCUT2D eigenvalue weighted by molar-refractivity contribution is -0.306. The Bertz CT molecular complexity index is 2100. The van der Waals surface area contributed by atoms with E-state index in [1.54, 1.807) is 0 Å². The van der Waals surface area contributed by atoms with Gasteiger partial charge in [-0.25, -0.2) is 4.39 Å². The lowest BCUT2D eigenvalue weighted by atomic mass is 9.79. The van der Waals surface area contributed by atoms with Gasteiger partial charge in [-0.1, -0.05) is 182 Å². The number of ether oxygens (including phenoxy) is 4. The summed E-state index contributed by atoms with van der Waals surface area (Å²) in [6.45, 7) is 3.69. The van der Waals surface area contributed by atoms with Crippen LogP contribution in [0.15, 0.2) is 194 Å². The SMILES string of the molecule is CC(OC(c1ccccc1)(c1ccccc1)c1ccccc1)C1(C(C)OC(c2ccccc2)(c2ccccc2)c2ccccc2)OC2=C(O1)[C@@H](OS(C)(=O)=O)C(F)C2. The zero-order chi connectivity index (χ0) is 40.4. The van der Waals surface area contributed by atoms with Gasteiger partial charge in [-0.15, -0.1) is 0 Å². The molecule has 296 valence electrons. The monoisotopic (exact) mass is 796 g/mol. The van der Waals surface area contributed by atoms with Crippen LogP contribution in [0.1, 0.15) is 53.6 Å². The minimum Gasteiger partial charge on any atom is -0.448 e. The van der Waals surface area contributed by atoms with E-state index in [9.17, 15) is 8.42 Å². The highest BCUT2D eigenvalue weighted by Crippen LogP contribution is 2.52. The Hall–Kier alpha value is -5.58. The van der Waals surface area contributed by atoms with Crippen LogP contribution in [-0.2, 0) is 44.5 Å². The predicted molar refractivity (Wildman–Crippen MR) is 221 cm³/mol. The lowest BCUT2D eigenvalue weighted by Gasteiger charge is -2.47. The molecule has 58 heavy (non-hydrogen) atoms. The lowest BCUT2D eigenvalue weighted by Crippen LogP contribution is -2.58. The van der Waals surface area contributed by atoms with Gasteiger partial charge in [0.2, 0.25) is 0 Å². The summed E-state index contributed by atoms with van der Waals surface area (Å²) in [5.41, 5.74) is 2.61. The summed E-state index contributed by atoms with van der Waals surface area (Å²) < 4.78 is 75.0. The van der Waals surface area contributed by atoms with Gasteiger partial charge in [0.1, 0.15) is 35.3 Å². The highest BCUT2D eigenvalue weighted by atomic mass is 32.2. The summed E-state index contributed by atoms with van der Waals surface area (Å²) in [6.07, 6.45) is -4.65. The third-order valence-corrected chi connectivity index (χ3v) is 11.6. The first-order valence-corrected chi connectivity index (χ1v) is 21.2. The minimum absolute atomic E-state index is 0.0432. The minimum atomic E-state index is -4.10. The summed E-state index contributed by atoms with van der Waals surface area (Å²) in [4.78, 5) is 0. The van der Waals surface area contributed by atoms with Crippen LogP contribution in [-0.4, -0.2) is 44.9 Å². The predicted octanol–water partition coefficient (Wildman–Crippen LogP) is 9.82. The second-order valence-corrected chi connectivity index (χ2v) is 16.3. The molecule has 0 amide bonds. The van der Waals surface area contributed by atoms with Crippen LogP contribution in [0.5, 0.6) is 0 Å². The van der Waals surface area contributed by atoms with Crippen molar-refractivity contribution in [3.8, 4) is 0 Å². The van der Waals surface area contributed by atoms with Crippen LogP contribution in [0.3, 0.4) is 0 Å². The first-order valence-electron chi connectivity index (χ1n) is 19.4. The number of halogens is 1. The molecule has 0 aromatic heterocycles. The molecule has 7 nitrogen and oxygen atoms in total. The van der Waals surface area contributed by atoms with Crippen molar-refractivity contribution in [1.29, 1.82) is 0 Å². The van der Waals surface area contributed by atoms with Gasteiger partial charge >= 0.3 is 5.79 Å². The van der Waals surface area contributed by atoms with Crippen molar-refractivity contribution < 1.29 is 35.9 Å². The molecule has 4 atom stereocenters. The Morgan fingerprint density at radius 1 is 0.552 bits per heavy atom. The van der Waals surface area contributed by atoms with Crippen molar-refractivity contribution in [1.82, 2.24) is 0 Å². The summed E-state index contributed by atoms with van der Waals surface area (Å²) >= 11 is 0. The maximum absolute atomic E-state index is 15.7. The Balaban J connectivity index is 1.32. The quantitative estimate of drug-likeness (QED) is 0.0803. The normalized spacial score (nSPS) is 20.5. The molecule has 0 spiro atoms. The van der Waals surface area contributed by atoms with Crippen LogP contribution in [0, 0.1) is 0 Å². The number of allylic oxidation sites excluding steroid dienone is 1. The summed E-state index contributed by atoms with van der Waals surface area (Å²) in [5.74, 6) is -1.73. The van der Waals surface area contributed by atoms with Gasteiger partial charge in [0.25, 0.3) is 10.1 Å². The highest BCUT2D eigenvalue weighted by Gasteiger charge is 2.62. The van der Waals surface area contributed by atoms with E-state index in [4.69, 9.17) is 23.1 Å². The Labute approximate surface area is 339 Å². The average molecular weight is 797 g/mol. The van der Waals surface area contributed by atoms with Crippen LogP contribution in [0.4, 0.5) is 4.39 Å². The first kappa shape index (κ1) is 39.3. The number of hydrogen-bond acceptors (Lipinski definition) is 7. The Morgan fingerprint density at radius 3 is 1.12 bits per heavy atom. The number of alkyl halides is 1. The zero-order valence-corrected chi connectivity index (χ0v) is 33.3. The van der Waals surface area contributed by atoms with Gasteiger partial charge in [0.05, 0.1) is 6.26 Å². The molecule has 0 N–H and O–H groups in total. The fourth-order valence-electron chi connectivity index (χ4n) is 8.39. The second-order valence-electron chi connectivity index (χ2n) is 14.7. The number of rotatable bonds is 14. The molecule has 6 aromatic carbocycles. The molecular formula is C49H45FO7S. The fourth-order valence-corrected chi connectivity index (χ4v) is 8.98. The van der Waals surface area contributed by atoms with E-state index in [0.717, 1.165) is 39.6 Å². The van der Waals surface area contributed by atoms with Crippen LogP contribution < -0.4 is 0 Å².